The summed E-state index contributed by atoms with van der Waals surface area (Å²) in [6, 6.07) is 12.4. The summed E-state index contributed by atoms with van der Waals surface area (Å²) in [4.78, 5) is 15.6. The molecule has 1 aromatic carbocycles. The minimum absolute atomic E-state index is 0.698. The number of hydrogen-bond donors (Lipinski definition) is 1. The summed E-state index contributed by atoms with van der Waals surface area (Å²) in [6.07, 6.45) is 0.904. The van der Waals surface area contributed by atoms with Crippen molar-refractivity contribution in [1.29, 1.82) is 0 Å². The van der Waals surface area contributed by atoms with Crippen molar-refractivity contribution >= 4 is 22.5 Å². The van der Waals surface area contributed by atoms with E-state index in [1.807, 2.05) is 44.1 Å². The van der Waals surface area contributed by atoms with Gasteiger partial charge in [0, 0.05) is 37.8 Å². The van der Waals surface area contributed by atoms with Gasteiger partial charge in [0.1, 0.15) is 17.5 Å². The summed E-state index contributed by atoms with van der Waals surface area (Å²) in [5, 5.41) is 4.60. The molecule has 2 heterocycles. The summed E-state index contributed by atoms with van der Waals surface area (Å²) < 4.78 is 0. The number of nitrogens with zero attached hydrogens (tertiary/aromatic N) is 4. The van der Waals surface area contributed by atoms with Crippen LogP contribution in [0.3, 0.4) is 0 Å². The monoisotopic (exact) mass is 321 g/mol. The van der Waals surface area contributed by atoms with Crippen molar-refractivity contribution in [2.24, 2.45) is 0 Å². The van der Waals surface area contributed by atoms with Gasteiger partial charge >= 0.3 is 0 Å². The number of hydrogen-bond acceptors (Lipinski definition) is 5. The lowest BCUT2D eigenvalue weighted by Gasteiger charge is -2.16. The zero-order valence-electron chi connectivity index (χ0n) is 14.7. The van der Waals surface area contributed by atoms with Crippen molar-refractivity contribution < 1.29 is 0 Å². The lowest BCUT2D eigenvalue weighted by atomic mass is 10.1. The number of fused-ring (bicyclic) bond motifs is 1. The standard InChI is InChI=1S/C19H23N5/c1-5-15-11-18(22-13(2)21-15)20-12-14-10-19(24(3)4)23-17-9-7-6-8-16(14)17/h6-11H,5,12H2,1-4H3,(H,20,21,22). The molecule has 5 heteroatoms. The summed E-state index contributed by atoms with van der Waals surface area (Å²) in [5.41, 5.74) is 3.27. The van der Waals surface area contributed by atoms with Crippen LogP contribution in [0.5, 0.6) is 0 Å². The van der Waals surface area contributed by atoms with Crippen molar-refractivity contribution in [2.75, 3.05) is 24.3 Å². The first-order valence-corrected chi connectivity index (χ1v) is 8.21. The molecule has 0 aliphatic heterocycles. The molecule has 0 unspecified atom stereocenters. The van der Waals surface area contributed by atoms with E-state index in [1.165, 1.54) is 5.56 Å². The van der Waals surface area contributed by atoms with E-state index < -0.39 is 0 Å². The van der Waals surface area contributed by atoms with Crippen LogP contribution in [0.2, 0.25) is 0 Å². The van der Waals surface area contributed by atoms with E-state index in [4.69, 9.17) is 4.98 Å². The molecular weight excluding hydrogens is 298 g/mol. The lowest BCUT2D eigenvalue weighted by Crippen LogP contribution is -2.12. The Bertz CT molecular complexity index is 858. The Balaban J connectivity index is 1.93. The largest absolute Gasteiger partial charge is 0.366 e. The van der Waals surface area contributed by atoms with Gasteiger partial charge in [-0.15, -0.1) is 0 Å². The molecule has 24 heavy (non-hydrogen) atoms. The van der Waals surface area contributed by atoms with Gasteiger partial charge < -0.3 is 10.2 Å². The molecule has 0 fully saturated rings. The van der Waals surface area contributed by atoms with Crippen LogP contribution in [0.4, 0.5) is 11.6 Å². The third kappa shape index (κ3) is 3.45. The second-order valence-electron chi connectivity index (χ2n) is 6.05. The SMILES string of the molecule is CCc1cc(NCc2cc(N(C)C)nc3ccccc23)nc(C)n1. The van der Waals surface area contributed by atoms with Crippen molar-refractivity contribution in [3.8, 4) is 0 Å². The number of aromatic nitrogens is 3. The summed E-state index contributed by atoms with van der Waals surface area (Å²) >= 11 is 0. The van der Waals surface area contributed by atoms with Gasteiger partial charge in [-0.3, -0.25) is 0 Å². The Morgan fingerprint density at radius 1 is 1.04 bits per heavy atom. The third-order valence-electron chi connectivity index (χ3n) is 3.96. The number of rotatable bonds is 5. The first kappa shape index (κ1) is 16.2. The Kier molecular flexibility index (Phi) is 4.60. The van der Waals surface area contributed by atoms with Gasteiger partial charge in [-0.2, -0.15) is 0 Å². The molecule has 0 bridgehead atoms. The number of aryl methyl sites for hydroxylation is 2. The Morgan fingerprint density at radius 3 is 2.58 bits per heavy atom. The number of benzene rings is 1. The molecule has 1 N–H and O–H groups in total. The lowest BCUT2D eigenvalue weighted by molar-refractivity contribution is 0.941. The van der Waals surface area contributed by atoms with Crippen LogP contribution in [0, 0.1) is 6.92 Å². The van der Waals surface area contributed by atoms with Gasteiger partial charge in [0.05, 0.1) is 5.52 Å². The molecule has 0 amide bonds. The second kappa shape index (κ2) is 6.83. The van der Waals surface area contributed by atoms with E-state index >= 15 is 0 Å². The van der Waals surface area contributed by atoms with Crippen LogP contribution in [0.25, 0.3) is 10.9 Å². The van der Waals surface area contributed by atoms with Crippen molar-refractivity contribution in [3.05, 3.63) is 53.5 Å². The zero-order valence-corrected chi connectivity index (χ0v) is 14.7. The van der Waals surface area contributed by atoms with Crippen molar-refractivity contribution in [2.45, 2.75) is 26.8 Å². The molecule has 0 atom stereocenters. The predicted octanol–water partition coefficient (Wildman–Crippen LogP) is 3.57. The quantitative estimate of drug-likeness (QED) is 0.778. The maximum absolute atomic E-state index is 4.70. The predicted molar refractivity (Wildman–Crippen MR) is 99.5 cm³/mol. The fourth-order valence-electron chi connectivity index (χ4n) is 2.69. The van der Waals surface area contributed by atoms with E-state index in [0.29, 0.717) is 6.54 Å². The van der Waals surface area contributed by atoms with Crippen LogP contribution in [-0.4, -0.2) is 29.0 Å². The van der Waals surface area contributed by atoms with E-state index in [2.05, 4.69) is 40.4 Å². The molecule has 0 saturated carbocycles. The Morgan fingerprint density at radius 2 is 1.83 bits per heavy atom. The molecule has 3 aromatic rings. The number of pyridine rings is 1. The summed E-state index contributed by atoms with van der Waals surface area (Å²) in [5.74, 6) is 2.62. The molecule has 3 rings (SSSR count). The average Bonchev–Trinajstić information content (AvgIpc) is 2.58. The number of nitrogens with one attached hydrogen (secondary N) is 1. The van der Waals surface area contributed by atoms with Crippen molar-refractivity contribution in [1.82, 2.24) is 15.0 Å². The normalized spacial score (nSPS) is 10.8. The Hall–Kier alpha value is -2.69. The maximum Gasteiger partial charge on any atom is 0.130 e. The smallest absolute Gasteiger partial charge is 0.130 e. The Labute approximate surface area is 142 Å². The van der Waals surface area contributed by atoms with Crippen LogP contribution < -0.4 is 10.2 Å². The molecule has 0 aliphatic rings. The van der Waals surface area contributed by atoms with Gasteiger partial charge in [-0.25, -0.2) is 15.0 Å². The highest BCUT2D eigenvalue weighted by atomic mass is 15.1. The first-order valence-electron chi connectivity index (χ1n) is 8.21. The third-order valence-corrected chi connectivity index (χ3v) is 3.96. The van der Waals surface area contributed by atoms with Crippen LogP contribution in [0.15, 0.2) is 36.4 Å². The topological polar surface area (TPSA) is 53.9 Å². The molecule has 5 nitrogen and oxygen atoms in total. The zero-order chi connectivity index (χ0) is 17.1. The average molecular weight is 321 g/mol. The second-order valence-corrected chi connectivity index (χ2v) is 6.05. The summed E-state index contributed by atoms with van der Waals surface area (Å²) in [7, 11) is 4.02. The van der Waals surface area contributed by atoms with Crippen LogP contribution in [-0.2, 0) is 13.0 Å². The highest BCUT2D eigenvalue weighted by molar-refractivity contribution is 5.84. The maximum atomic E-state index is 4.70. The van der Waals surface area contributed by atoms with Gasteiger partial charge in [0.25, 0.3) is 0 Å². The molecule has 0 aliphatic carbocycles. The molecular formula is C19H23N5. The first-order chi connectivity index (χ1) is 11.6. The van der Waals surface area contributed by atoms with E-state index in [0.717, 1.165) is 40.5 Å². The minimum atomic E-state index is 0.698. The fraction of sp³-hybridized carbons (Fsp3) is 0.316. The van der Waals surface area contributed by atoms with Crippen LogP contribution >= 0.6 is 0 Å². The van der Waals surface area contributed by atoms with Crippen molar-refractivity contribution in [3.63, 3.8) is 0 Å². The number of para-hydroxylation sites is 1. The minimum Gasteiger partial charge on any atom is -0.366 e. The van der Waals surface area contributed by atoms with Gasteiger partial charge in [-0.1, -0.05) is 25.1 Å². The molecule has 124 valence electrons. The van der Waals surface area contributed by atoms with Gasteiger partial charge in [0.15, 0.2) is 0 Å². The molecule has 0 radical (unpaired) electrons. The number of anilines is 2. The molecule has 2 aromatic heterocycles. The van der Waals surface area contributed by atoms with E-state index in [-0.39, 0.29) is 0 Å². The fourth-order valence-corrected chi connectivity index (χ4v) is 2.69. The summed E-state index contributed by atoms with van der Waals surface area (Å²) in [6.45, 7) is 4.73. The van der Waals surface area contributed by atoms with Crippen LogP contribution in [0.1, 0.15) is 24.0 Å². The molecule has 0 saturated heterocycles. The van der Waals surface area contributed by atoms with E-state index in [1.54, 1.807) is 0 Å². The highest BCUT2D eigenvalue weighted by Gasteiger charge is 2.08. The van der Waals surface area contributed by atoms with Gasteiger partial charge in [0.2, 0.25) is 0 Å². The molecule has 0 spiro atoms. The highest BCUT2D eigenvalue weighted by Crippen LogP contribution is 2.23. The van der Waals surface area contributed by atoms with E-state index in [9.17, 15) is 0 Å². The van der Waals surface area contributed by atoms with Gasteiger partial charge in [-0.05, 0) is 31.0 Å².